The van der Waals surface area contributed by atoms with Crippen molar-refractivity contribution in [3.8, 4) is 0 Å². The number of halogens is 2. The van der Waals surface area contributed by atoms with E-state index < -0.39 is 17.6 Å². The molecule has 3 nitrogen and oxygen atoms in total. The lowest BCUT2D eigenvalue weighted by Crippen LogP contribution is -2.36. The molecule has 1 amide bonds. The smallest absolute Gasteiger partial charge is 0.234 e. The van der Waals surface area contributed by atoms with E-state index >= 15 is 0 Å². The van der Waals surface area contributed by atoms with Crippen LogP contribution in [0.3, 0.4) is 0 Å². The van der Waals surface area contributed by atoms with E-state index in [0.29, 0.717) is 4.47 Å². The average molecular weight is 333 g/mol. The molecule has 1 aromatic carbocycles. The van der Waals surface area contributed by atoms with Gasteiger partial charge < -0.3 is 11.1 Å². The molecule has 0 radical (unpaired) electrons. The van der Waals surface area contributed by atoms with E-state index in [2.05, 4.69) is 21.2 Å². The fourth-order valence-electron chi connectivity index (χ4n) is 1.56. The van der Waals surface area contributed by atoms with Gasteiger partial charge in [0.05, 0.1) is 16.6 Å². The minimum atomic E-state index is -0.608. The quantitative estimate of drug-likeness (QED) is 0.833. The van der Waals surface area contributed by atoms with Crippen LogP contribution >= 0.6 is 28.1 Å². The van der Waals surface area contributed by atoms with E-state index in [9.17, 15) is 9.18 Å². The highest BCUT2D eigenvalue weighted by Crippen LogP contribution is 2.21. The molecule has 1 rings (SSSR count). The molecule has 0 saturated carbocycles. The number of rotatable bonds is 4. The first-order chi connectivity index (χ1) is 8.32. The van der Waals surface area contributed by atoms with Gasteiger partial charge in [-0.1, -0.05) is 42.0 Å². The molecule has 1 aromatic rings. The van der Waals surface area contributed by atoms with Crippen LogP contribution in [-0.2, 0) is 4.79 Å². The highest BCUT2D eigenvalue weighted by Gasteiger charge is 2.25. The van der Waals surface area contributed by atoms with Crippen LogP contribution in [0.4, 0.5) is 10.1 Å². The summed E-state index contributed by atoms with van der Waals surface area (Å²) in [5.74, 6) is -1.55. The number of nitrogens with one attached hydrogen (secondary N) is 1. The van der Waals surface area contributed by atoms with Crippen molar-refractivity contribution in [3.05, 3.63) is 28.5 Å². The highest BCUT2D eigenvalue weighted by molar-refractivity contribution is 9.10. The maximum Gasteiger partial charge on any atom is 0.234 e. The summed E-state index contributed by atoms with van der Waals surface area (Å²) in [7, 11) is 0. The standard InChI is InChI=1S/C12H14BrFN2OS/c1-6(2)10(11(15)18)12(17)16-9-4-3-7(13)5-8(9)14/h3-6,10H,1-2H3,(H2,15,18)(H,16,17). The Kier molecular flexibility index (Phi) is 5.22. The van der Waals surface area contributed by atoms with Crippen LogP contribution < -0.4 is 11.1 Å². The second-order valence-corrected chi connectivity index (χ2v) is 5.62. The van der Waals surface area contributed by atoms with Crippen LogP contribution in [-0.4, -0.2) is 10.9 Å². The van der Waals surface area contributed by atoms with Crippen molar-refractivity contribution in [3.63, 3.8) is 0 Å². The van der Waals surface area contributed by atoms with E-state index in [1.807, 2.05) is 13.8 Å². The molecule has 0 fully saturated rings. The average Bonchev–Trinajstić information content (AvgIpc) is 2.21. The first kappa shape index (κ1) is 15.0. The van der Waals surface area contributed by atoms with Crippen molar-refractivity contribution in [2.24, 2.45) is 17.6 Å². The molecule has 0 aliphatic carbocycles. The van der Waals surface area contributed by atoms with Gasteiger partial charge in [-0.2, -0.15) is 0 Å². The van der Waals surface area contributed by atoms with Crippen molar-refractivity contribution in [2.75, 3.05) is 5.32 Å². The summed E-state index contributed by atoms with van der Waals surface area (Å²) < 4.78 is 14.2. The molecule has 98 valence electrons. The first-order valence-electron chi connectivity index (χ1n) is 5.38. The van der Waals surface area contributed by atoms with Crippen LogP contribution in [0.5, 0.6) is 0 Å². The van der Waals surface area contributed by atoms with Gasteiger partial charge in [-0.3, -0.25) is 4.79 Å². The van der Waals surface area contributed by atoms with Crippen molar-refractivity contribution in [1.29, 1.82) is 0 Å². The summed E-state index contributed by atoms with van der Waals surface area (Å²) in [4.78, 5) is 12.1. The fourth-order valence-corrected chi connectivity index (χ4v) is 2.27. The molecule has 1 unspecified atom stereocenters. The molecule has 0 aromatic heterocycles. The van der Waals surface area contributed by atoms with E-state index in [1.165, 1.54) is 12.1 Å². The van der Waals surface area contributed by atoms with Gasteiger partial charge >= 0.3 is 0 Å². The lowest BCUT2D eigenvalue weighted by Gasteiger charge is -2.19. The number of anilines is 1. The Balaban J connectivity index is 2.89. The third-order valence-corrected chi connectivity index (χ3v) is 3.19. The van der Waals surface area contributed by atoms with Gasteiger partial charge in [0, 0.05) is 4.47 Å². The van der Waals surface area contributed by atoms with Crippen LogP contribution in [0.25, 0.3) is 0 Å². The number of amides is 1. The summed E-state index contributed by atoms with van der Waals surface area (Å²) in [6, 6.07) is 4.40. The van der Waals surface area contributed by atoms with Crippen molar-refractivity contribution >= 4 is 44.7 Å². The number of nitrogens with two attached hydrogens (primary N) is 1. The zero-order valence-corrected chi connectivity index (χ0v) is 12.4. The molecular weight excluding hydrogens is 319 g/mol. The van der Waals surface area contributed by atoms with Gasteiger partial charge in [-0.05, 0) is 24.1 Å². The third-order valence-electron chi connectivity index (χ3n) is 2.44. The molecule has 0 heterocycles. The van der Waals surface area contributed by atoms with Crippen LogP contribution in [0.1, 0.15) is 13.8 Å². The summed E-state index contributed by atoms with van der Waals surface area (Å²) in [5.41, 5.74) is 5.64. The molecule has 0 spiro atoms. The fraction of sp³-hybridized carbons (Fsp3) is 0.333. The molecule has 6 heteroatoms. The van der Waals surface area contributed by atoms with E-state index in [0.717, 1.165) is 0 Å². The molecular formula is C12H14BrFN2OS. The molecule has 1 atom stereocenters. The van der Waals surface area contributed by atoms with Gasteiger partial charge in [0.2, 0.25) is 5.91 Å². The summed E-state index contributed by atoms with van der Waals surface area (Å²) in [6.07, 6.45) is 0. The van der Waals surface area contributed by atoms with Crippen LogP contribution in [0.15, 0.2) is 22.7 Å². The van der Waals surface area contributed by atoms with Gasteiger partial charge in [0.15, 0.2) is 0 Å². The van der Waals surface area contributed by atoms with Crippen molar-refractivity contribution in [1.82, 2.24) is 0 Å². The lowest BCUT2D eigenvalue weighted by atomic mass is 9.95. The summed E-state index contributed by atoms with van der Waals surface area (Å²) in [5, 5.41) is 2.50. The van der Waals surface area contributed by atoms with Gasteiger partial charge in [-0.25, -0.2) is 4.39 Å². The Morgan fingerprint density at radius 1 is 1.50 bits per heavy atom. The second kappa shape index (κ2) is 6.24. The van der Waals surface area contributed by atoms with Crippen LogP contribution in [0, 0.1) is 17.7 Å². The van der Waals surface area contributed by atoms with Crippen molar-refractivity contribution in [2.45, 2.75) is 13.8 Å². The Hall–Kier alpha value is -1.01. The zero-order valence-electron chi connectivity index (χ0n) is 10.0. The molecule has 3 N–H and O–H groups in total. The predicted octanol–water partition coefficient (Wildman–Crippen LogP) is 3.09. The van der Waals surface area contributed by atoms with E-state index in [1.54, 1.807) is 6.07 Å². The van der Waals surface area contributed by atoms with E-state index in [4.69, 9.17) is 18.0 Å². The maximum absolute atomic E-state index is 13.6. The van der Waals surface area contributed by atoms with Gasteiger partial charge in [-0.15, -0.1) is 0 Å². The summed E-state index contributed by atoms with van der Waals surface area (Å²) >= 11 is 8.00. The topological polar surface area (TPSA) is 55.1 Å². The largest absolute Gasteiger partial charge is 0.393 e. The Labute approximate surface area is 119 Å². The van der Waals surface area contributed by atoms with Gasteiger partial charge in [0.25, 0.3) is 0 Å². The molecule has 0 saturated heterocycles. The predicted molar refractivity (Wildman–Crippen MR) is 77.8 cm³/mol. The maximum atomic E-state index is 13.6. The minimum absolute atomic E-state index is 0.0407. The lowest BCUT2D eigenvalue weighted by molar-refractivity contribution is -0.118. The van der Waals surface area contributed by atoms with Gasteiger partial charge in [0.1, 0.15) is 5.82 Å². The number of carbonyl (C=O) groups is 1. The SMILES string of the molecule is CC(C)C(C(=O)Nc1ccc(Br)cc1F)C(N)=S. The Bertz CT molecular complexity index is 479. The molecule has 0 bridgehead atoms. The summed E-state index contributed by atoms with van der Waals surface area (Å²) in [6.45, 7) is 3.67. The monoisotopic (exact) mass is 332 g/mol. The third kappa shape index (κ3) is 3.74. The van der Waals surface area contributed by atoms with Crippen LogP contribution in [0.2, 0.25) is 0 Å². The minimum Gasteiger partial charge on any atom is -0.393 e. The first-order valence-corrected chi connectivity index (χ1v) is 6.58. The number of thiocarbonyl (C=S) groups is 1. The molecule has 18 heavy (non-hydrogen) atoms. The normalized spacial score (nSPS) is 12.3. The van der Waals surface area contributed by atoms with E-state index in [-0.39, 0.29) is 16.6 Å². The van der Waals surface area contributed by atoms with Crippen molar-refractivity contribution < 1.29 is 9.18 Å². The number of carbonyl (C=O) groups excluding carboxylic acids is 1. The second-order valence-electron chi connectivity index (χ2n) is 4.24. The number of hydrogen-bond acceptors (Lipinski definition) is 2. The Morgan fingerprint density at radius 3 is 2.56 bits per heavy atom. The zero-order chi connectivity index (χ0) is 13.9. The molecule has 0 aliphatic rings. The highest BCUT2D eigenvalue weighted by atomic mass is 79.9. The number of benzene rings is 1. The number of hydrogen-bond donors (Lipinski definition) is 2. The Morgan fingerprint density at radius 2 is 2.11 bits per heavy atom. The molecule has 0 aliphatic heterocycles.